The molecule has 172 valence electrons. The SMILES string of the molecule is CNc1cc(-c2ccccc2)ccc1C(C)=O.O=Cc1cc(N2CCC(O)CC2)ccc1O. The number of ketones is 1. The zero-order valence-corrected chi connectivity index (χ0v) is 19.0. The van der Waals surface area contributed by atoms with Gasteiger partial charge in [0.25, 0.3) is 0 Å². The molecule has 0 radical (unpaired) electrons. The first-order valence-corrected chi connectivity index (χ1v) is 11.0. The Bertz CT molecular complexity index is 1090. The van der Waals surface area contributed by atoms with E-state index in [1.165, 1.54) is 6.07 Å². The summed E-state index contributed by atoms with van der Waals surface area (Å²) in [5.74, 6) is 0.0877. The highest BCUT2D eigenvalue weighted by Gasteiger charge is 2.17. The molecule has 1 saturated heterocycles. The lowest BCUT2D eigenvalue weighted by atomic mass is 10.0. The van der Waals surface area contributed by atoms with Gasteiger partial charge in [0.1, 0.15) is 5.75 Å². The number of benzene rings is 3. The first-order chi connectivity index (χ1) is 15.9. The third-order valence-corrected chi connectivity index (χ3v) is 5.74. The Balaban J connectivity index is 0.000000186. The van der Waals surface area contributed by atoms with Crippen LogP contribution in [0.1, 0.15) is 40.5 Å². The number of phenolic OH excluding ortho intramolecular Hbond substituents is 1. The van der Waals surface area contributed by atoms with E-state index in [0.717, 1.165) is 54.0 Å². The molecule has 3 aromatic rings. The van der Waals surface area contributed by atoms with Gasteiger partial charge in [-0.1, -0.05) is 36.4 Å². The fourth-order valence-electron chi connectivity index (χ4n) is 3.83. The maximum atomic E-state index is 11.4. The molecule has 0 atom stereocenters. The molecule has 1 aliphatic rings. The van der Waals surface area contributed by atoms with Gasteiger partial charge in [-0.05, 0) is 61.2 Å². The van der Waals surface area contributed by atoms with Crippen molar-refractivity contribution in [3.8, 4) is 16.9 Å². The van der Waals surface area contributed by atoms with Crippen LogP contribution >= 0.6 is 0 Å². The van der Waals surface area contributed by atoms with Gasteiger partial charge in [0.15, 0.2) is 12.1 Å². The molecule has 0 aliphatic carbocycles. The predicted octanol–water partition coefficient (Wildman–Crippen LogP) is 4.76. The van der Waals surface area contributed by atoms with Crippen molar-refractivity contribution in [2.24, 2.45) is 0 Å². The fourth-order valence-corrected chi connectivity index (χ4v) is 3.83. The van der Waals surface area contributed by atoms with Crippen LogP contribution < -0.4 is 10.2 Å². The molecule has 1 fully saturated rings. The van der Waals surface area contributed by atoms with Crippen molar-refractivity contribution in [1.29, 1.82) is 0 Å². The molecular weight excluding hydrogens is 416 g/mol. The van der Waals surface area contributed by atoms with Gasteiger partial charge in [0.2, 0.25) is 0 Å². The third kappa shape index (κ3) is 6.20. The summed E-state index contributed by atoms with van der Waals surface area (Å²) in [5, 5.41) is 21.8. The van der Waals surface area contributed by atoms with E-state index in [1.54, 1.807) is 19.1 Å². The van der Waals surface area contributed by atoms with Crippen molar-refractivity contribution in [3.05, 3.63) is 77.9 Å². The van der Waals surface area contributed by atoms with Crippen LogP contribution in [0.5, 0.6) is 5.75 Å². The number of piperidine rings is 1. The molecule has 4 rings (SSSR count). The topological polar surface area (TPSA) is 89.9 Å². The second kappa shape index (κ2) is 11.3. The van der Waals surface area contributed by atoms with Crippen molar-refractivity contribution in [3.63, 3.8) is 0 Å². The lowest BCUT2D eigenvalue weighted by molar-refractivity contribution is 0.101. The number of carbonyl (C=O) groups excluding carboxylic acids is 2. The number of hydrogen-bond acceptors (Lipinski definition) is 6. The number of aromatic hydroxyl groups is 1. The first kappa shape index (κ1) is 24.0. The third-order valence-electron chi connectivity index (χ3n) is 5.74. The zero-order valence-electron chi connectivity index (χ0n) is 19.0. The Hall–Kier alpha value is -3.64. The molecule has 0 bridgehead atoms. The lowest BCUT2D eigenvalue weighted by Crippen LogP contribution is -2.35. The Labute approximate surface area is 194 Å². The van der Waals surface area contributed by atoms with E-state index in [9.17, 15) is 19.8 Å². The number of carbonyl (C=O) groups is 2. The molecular formula is C27H30N2O4. The van der Waals surface area contributed by atoms with Crippen molar-refractivity contribution in [1.82, 2.24) is 0 Å². The summed E-state index contributed by atoms with van der Waals surface area (Å²) in [6.07, 6.45) is 1.94. The van der Waals surface area contributed by atoms with Gasteiger partial charge in [-0.15, -0.1) is 0 Å². The van der Waals surface area contributed by atoms with Gasteiger partial charge in [0, 0.05) is 37.1 Å². The second-order valence-electron chi connectivity index (χ2n) is 8.01. The molecule has 33 heavy (non-hydrogen) atoms. The van der Waals surface area contributed by atoms with Gasteiger partial charge >= 0.3 is 0 Å². The highest BCUT2D eigenvalue weighted by atomic mass is 16.3. The molecule has 1 aliphatic heterocycles. The summed E-state index contributed by atoms with van der Waals surface area (Å²) in [4.78, 5) is 24.2. The summed E-state index contributed by atoms with van der Waals surface area (Å²) < 4.78 is 0. The first-order valence-electron chi connectivity index (χ1n) is 11.0. The summed E-state index contributed by atoms with van der Waals surface area (Å²) in [5.41, 5.74) is 5.10. The van der Waals surface area contributed by atoms with E-state index in [-0.39, 0.29) is 17.6 Å². The number of rotatable bonds is 5. The van der Waals surface area contributed by atoms with E-state index in [4.69, 9.17) is 0 Å². The average Bonchev–Trinajstić information content (AvgIpc) is 2.85. The summed E-state index contributed by atoms with van der Waals surface area (Å²) in [6.45, 7) is 3.15. The van der Waals surface area contributed by atoms with Gasteiger partial charge < -0.3 is 20.4 Å². The molecule has 1 heterocycles. The maximum absolute atomic E-state index is 11.4. The van der Waals surface area contributed by atoms with Gasteiger partial charge in [-0.3, -0.25) is 9.59 Å². The maximum Gasteiger partial charge on any atom is 0.161 e. The average molecular weight is 447 g/mol. The second-order valence-corrected chi connectivity index (χ2v) is 8.01. The van der Waals surface area contributed by atoms with Crippen LogP contribution in [0.4, 0.5) is 11.4 Å². The number of hydrogen-bond donors (Lipinski definition) is 3. The van der Waals surface area contributed by atoms with Crippen LogP contribution in [-0.2, 0) is 0 Å². The Morgan fingerprint density at radius 3 is 2.30 bits per heavy atom. The number of anilines is 2. The molecule has 3 aromatic carbocycles. The van der Waals surface area contributed by atoms with Crippen LogP contribution in [-0.4, -0.2) is 48.5 Å². The number of nitrogens with one attached hydrogen (secondary N) is 1. The number of aldehydes is 1. The molecule has 0 saturated carbocycles. The van der Waals surface area contributed by atoms with Crippen molar-refractivity contribution in [2.45, 2.75) is 25.9 Å². The van der Waals surface area contributed by atoms with E-state index in [0.29, 0.717) is 11.8 Å². The summed E-state index contributed by atoms with van der Waals surface area (Å²) in [6, 6.07) is 21.0. The lowest BCUT2D eigenvalue weighted by Gasteiger charge is -2.31. The van der Waals surface area contributed by atoms with Crippen molar-refractivity contribution in [2.75, 3.05) is 30.4 Å². The smallest absolute Gasteiger partial charge is 0.161 e. The highest BCUT2D eigenvalue weighted by Crippen LogP contribution is 2.26. The number of nitrogens with zero attached hydrogens (tertiary/aromatic N) is 1. The number of Topliss-reactive ketones (excluding diaryl/α,β-unsaturated/α-hetero) is 1. The molecule has 6 heteroatoms. The van der Waals surface area contributed by atoms with Crippen molar-refractivity contribution >= 4 is 23.4 Å². The van der Waals surface area contributed by atoms with Crippen molar-refractivity contribution < 1.29 is 19.8 Å². The molecule has 6 nitrogen and oxygen atoms in total. The van der Waals surface area contributed by atoms with E-state index < -0.39 is 0 Å². The van der Waals surface area contributed by atoms with Crippen LogP contribution in [0.3, 0.4) is 0 Å². The minimum Gasteiger partial charge on any atom is -0.507 e. The van der Waals surface area contributed by atoms with Gasteiger partial charge in [-0.25, -0.2) is 0 Å². The van der Waals surface area contributed by atoms with E-state index >= 15 is 0 Å². The number of phenols is 1. The summed E-state index contributed by atoms with van der Waals surface area (Å²) in [7, 11) is 1.83. The predicted molar refractivity (Wildman–Crippen MR) is 132 cm³/mol. The minimum atomic E-state index is -0.209. The quantitative estimate of drug-likeness (QED) is 0.387. The fraction of sp³-hybridized carbons (Fsp3) is 0.259. The van der Waals surface area contributed by atoms with E-state index in [2.05, 4.69) is 22.3 Å². The molecule has 0 spiro atoms. The normalized spacial score (nSPS) is 13.6. The molecule has 0 aromatic heterocycles. The highest BCUT2D eigenvalue weighted by molar-refractivity contribution is 6.00. The van der Waals surface area contributed by atoms with E-state index in [1.807, 2.05) is 43.4 Å². The molecule has 3 N–H and O–H groups in total. The Kier molecular flexibility index (Phi) is 8.22. The Morgan fingerprint density at radius 1 is 1.00 bits per heavy atom. The largest absolute Gasteiger partial charge is 0.507 e. The minimum absolute atomic E-state index is 0.00999. The van der Waals surface area contributed by atoms with Gasteiger partial charge in [0.05, 0.1) is 11.7 Å². The van der Waals surface area contributed by atoms with Gasteiger partial charge in [-0.2, -0.15) is 0 Å². The number of aliphatic hydroxyl groups excluding tert-OH is 1. The zero-order chi connectivity index (χ0) is 23.8. The standard InChI is InChI=1S/C15H15NO.C12H15NO3/c1-11(17)14-9-8-13(10-15(14)16-2)12-6-4-3-5-7-12;14-8-9-7-10(1-2-12(9)16)13-5-3-11(15)4-6-13/h3-10,16H,1-2H3;1-2,7-8,11,15-16H,3-6H2. The van der Waals surface area contributed by atoms with Crippen LogP contribution in [0, 0.1) is 0 Å². The monoisotopic (exact) mass is 446 g/mol. The van der Waals surface area contributed by atoms with Crippen LogP contribution in [0.2, 0.25) is 0 Å². The summed E-state index contributed by atoms with van der Waals surface area (Å²) >= 11 is 0. The van der Waals surface area contributed by atoms with Crippen LogP contribution in [0.15, 0.2) is 66.7 Å². The van der Waals surface area contributed by atoms with Crippen LogP contribution in [0.25, 0.3) is 11.1 Å². The Morgan fingerprint density at radius 2 is 1.70 bits per heavy atom. The molecule has 0 amide bonds. The molecule has 0 unspecified atom stereocenters. The number of aliphatic hydroxyl groups is 1.